The maximum absolute atomic E-state index is 14.2. The average molecular weight is 746 g/mol. The van der Waals surface area contributed by atoms with E-state index in [0.29, 0.717) is 57.8 Å². The van der Waals surface area contributed by atoms with Crippen LogP contribution in [0.2, 0.25) is 0 Å². The number of ketones is 2. The zero-order chi connectivity index (χ0) is 39.0. The second-order valence-corrected chi connectivity index (χ2v) is 16.7. The van der Waals surface area contributed by atoms with Crippen LogP contribution in [0.15, 0.2) is 23.3 Å². The molecular weight excluding hydrogens is 678 g/mol. The van der Waals surface area contributed by atoms with Crippen molar-refractivity contribution in [1.82, 2.24) is 4.90 Å². The minimum absolute atomic E-state index is 0.0852. The molecule has 300 valence electrons. The molecule has 10 atom stereocenters. The van der Waals surface area contributed by atoms with E-state index in [1.54, 1.807) is 21.1 Å². The third-order valence-corrected chi connectivity index (χ3v) is 12.4. The molecule has 1 aliphatic carbocycles. The van der Waals surface area contributed by atoms with Crippen LogP contribution in [0.3, 0.4) is 0 Å². The van der Waals surface area contributed by atoms with Gasteiger partial charge in [-0.15, -0.1) is 0 Å². The summed E-state index contributed by atoms with van der Waals surface area (Å²) >= 11 is 0. The quantitative estimate of drug-likeness (QED) is 0.199. The highest BCUT2D eigenvalue weighted by atomic mass is 16.7. The second-order valence-electron chi connectivity index (χ2n) is 16.7. The monoisotopic (exact) mass is 745 g/mol. The molecule has 0 aromatic rings. The van der Waals surface area contributed by atoms with Crippen molar-refractivity contribution in [2.45, 2.75) is 167 Å². The Kier molecular flexibility index (Phi) is 15.9. The molecule has 3 aliphatic heterocycles. The minimum atomic E-state index is -2.45. The molecule has 0 aromatic heterocycles. The van der Waals surface area contributed by atoms with Crippen LogP contribution in [-0.2, 0) is 38.1 Å². The van der Waals surface area contributed by atoms with Crippen molar-refractivity contribution in [3.63, 3.8) is 0 Å². The molecule has 2 saturated heterocycles. The smallest absolute Gasteiger partial charge is 0.329 e. The van der Waals surface area contributed by atoms with Crippen LogP contribution in [0.25, 0.3) is 0 Å². The van der Waals surface area contributed by atoms with Crippen LogP contribution in [0, 0.1) is 29.6 Å². The molecule has 0 aromatic carbocycles. The Morgan fingerprint density at radius 1 is 0.943 bits per heavy atom. The molecule has 10 unspecified atom stereocenters. The van der Waals surface area contributed by atoms with Gasteiger partial charge in [-0.05, 0) is 119 Å². The van der Waals surface area contributed by atoms with Gasteiger partial charge in [-0.25, -0.2) is 4.79 Å². The SMILES string of the molecule is CC/C1=C\C(C)CC(C)CC(OC)C2OC(O)(C(=O)C(=O)N3CCCCC3C(=O)OC(C(C)=CC3CCC(O)CC3)C(C)CCC1=O)C(C)CC2OC. The number of amides is 1. The van der Waals surface area contributed by atoms with E-state index < -0.39 is 59.8 Å². The number of cyclic esters (lactones) is 1. The number of rotatable bonds is 5. The number of nitrogens with zero attached hydrogens (tertiary/aromatic N) is 1. The Bertz CT molecular complexity index is 1340. The molecule has 3 fully saturated rings. The van der Waals surface area contributed by atoms with Crippen LogP contribution in [0.4, 0.5) is 0 Å². The highest BCUT2D eigenvalue weighted by molar-refractivity contribution is 6.39. The van der Waals surface area contributed by atoms with E-state index in [-0.39, 0.29) is 48.5 Å². The first kappa shape index (κ1) is 43.3. The lowest BCUT2D eigenvalue weighted by atomic mass is 9.81. The van der Waals surface area contributed by atoms with E-state index in [1.807, 2.05) is 20.8 Å². The van der Waals surface area contributed by atoms with Gasteiger partial charge < -0.3 is 34.1 Å². The van der Waals surface area contributed by atoms with E-state index in [0.717, 1.165) is 30.4 Å². The number of carbonyl (C=O) groups excluding carboxylic acids is 4. The predicted molar refractivity (Wildman–Crippen MR) is 200 cm³/mol. The number of hydrogen-bond acceptors (Lipinski definition) is 10. The number of esters is 1. The summed E-state index contributed by atoms with van der Waals surface area (Å²) in [5, 5.41) is 22.1. The highest BCUT2D eigenvalue weighted by Gasteiger charge is 2.56. The standard InChI is InChI=1S/C42H67NO10/c1-9-31-21-25(2)20-26(3)22-35(50-7)38-36(51-8)24-29(6)42(49,53-38)39(46)40(47)43-19-11-10-12-33(43)41(48)52-37(27(4)13-18-34(31)45)28(5)23-30-14-16-32(44)17-15-30/h21,23,25-27,29-30,32-33,35-38,44,49H,9-20,22,24H2,1-8H3/b28-23?,31-21+. The molecule has 1 saturated carbocycles. The van der Waals surface area contributed by atoms with Crippen molar-refractivity contribution in [2.75, 3.05) is 20.8 Å². The molecule has 4 aliphatic rings. The molecule has 4 rings (SSSR count). The van der Waals surface area contributed by atoms with Crippen molar-refractivity contribution < 1.29 is 48.3 Å². The van der Waals surface area contributed by atoms with E-state index in [1.165, 1.54) is 4.90 Å². The molecule has 3 heterocycles. The van der Waals surface area contributed by atoms with Crippen LogP contribution in [0.5, 0.6) is 0 Å². The third kappa shape index (κ3) is 10.7. The number of hydrogen-bond donors (Lipinski definition) is 2. The van der Waals surface area contributed by atoms with Gasteiger partial charge in [0.2, 0.25) is 5.79 Å². The van der Waals surface area contributed by atoms with E-state index in [4.69, 9.17) is 18.9 Å². The summed E-state index contributed by atoms with van der Waals surface area (Å²) in [6, 6.07) is -1.02. The highest BCUT2D eigenvalue weighted by Crippen LogP contribution is 2.39. The number of ether oxygens (including phenoxy) is 4. The lowest BCUT2D eigenvalue weighted by Gasteiger charge is -2.47. The lowest BCUT2D eigenvalue weighted by molar-refractivity contribution is -0.302. The Morgan fingerprint density at radius 2 is 1.60 bits per heavy atom. The maximum Gasteiger partial charge on any atom is 0.329 e. The van der Waals surface area contributed by atoms with E-state index >= 15 is 0 Å². The summed E-state index contributed by atoms with van der Waals surface area (Å²) in [5.41, 5.74) is 1.67. The first-order valence-corrected chi connectivity index (χ1v) is 20.2. The van der Waals surface area contributed by atoms with Crippen molar-refractivity contribution in [2.24, 2.45) is 29.6 Å². The van der Waals surface area contributed by atoms with Gasteiger partial charge in [0.25, 0.3) is 11.7 Å². The molecular formula is C42H67NO10. The molecule has 1 amide bonds. The average Bonchev–Trinajstić information content (AvgIpc) is 3.14. The number of fused-ring (bicyclic) bond motifs is 3. The third-order valence-electron chi connectivity index (χ3n) is 12.4. The first-order chi connectivity index (χ1) is 25.1. The van der Waals surface area contributed by atoms with Gasteiger partial charge in [-0.1, -0.05) is 46.8 Å². The number of aliphatic hydroxyl groups excluding tert-OH is 1. The van der Waals surface area contributed by atoms with Gasteiger partial charge in [0.1, 0.15) is 18.2 Å². The van der Waals surface area contributed by atoms with Crippen molar-refractivity contribution in [3.05, 3.63) is 23.3 Å². The number of piperidine rings is 1. The molecule has 2 bridgehead atoms. The van der Waals surface area contributed by atoms with Gasteiger partial charge in [0, 0.05) is 33.1 Å². The van der Waals surface area contributed by atoms with Crippen LogP contribution in [0.1, 0.15) is 125 Å². The Labute approximate surface area is 317 Å². The summed E-state index contributed by atoms with van der Waals surface area (Å²) in [6.07, 6.45) is 9.03. The summed E-state index contributed by atoms with van der Waals surface area (Å²) in [5.74, 6) is -5.58. The van der Waals surface area contributed by atoms with E-state index in [9.17, 15) is 29.4 Å². The topological polar surface area (TPSA) is 149 Å². The molecule has 11 heteroatoms. The van der Waals surface area contributed by atoms with Gasteiger partial charge in [-0.3, -0.25) is 14.4 Å². The summed E-state index contributed by atoms with van der Waals surface area (Å²) in [4.78, 5) is 57.4. The zero-order valence-electron chi connectivity index (χ0n) is 33.5. The second kappa shape index (κ2) is 19.4. The van der Waals surface area contributed by atoms with Crippen LogP contribution in [-0.4, -0.2) is 102 Å². The number of methoxy groups -OCH3 is 2. The summed E-state index contributed by atoms with van der Waals surface area (Å²) in [6.45, 7) is 12.0. The maximum atomic E-state index is 14.2. The van der Waals surface area contributed by atoms with Gasteiger partial charge >= 0.3 is 5.97 Å². The molecule has 2 N–H and O–H groups in total. The van der Waals surface area contributed by atoms with Crippen LogP contribution >= 0.6 is 0 Å². The Morgan fingerprint density at radius 3 is 2.25 bits per heavy atom. The number of aliphatic hydroxyl groups is 2. The van der Waals surface area contributed by atoms with Gasteiger partial charge in [0.15, 0.2) is 5.78 Å². The number of allylic oxidation sites excluding steroid dienone is 3. The zero-order valence-corrected chi connectivity index (χ0v) is 33.5. The van der Waals surface area contributed by atoms with Crippen molar-refractivity contribution in [3.8, 4) is 0 Å². The normalized spacial score (nSPS) is 40.4. The molecule has 0 spiro atoms. The summed E-state index contributed by atoms with van der Waals surface area (Å²) in [7, 11) is 3.11. The van der Waals surface area contributed by atoms with Crippen molar-refractivity contribution in [1.29, 1.82) is 0 Å². The fraction of sp³-hybridized carbons (Fsp3) is 0.810. The van der Waals surface area contributed by atoms with Gasteiger partial charge in [0.05, 0.1) is 18.3 Å². The van der Waals surface area contributed by atoms with Crippen molar-refractivity contribution >= 4 is 23.4 Å². The largest absolute Gasteiger partial charge is 0.456 e. The molecule has 53 heavy (non-hydrogen) atoms. The predicted octanol–water partition coefficient (Wildman–Crippen LogP) is 5.88. The fourth-order valence-corrected chi connectivity index (χ4v) is 9.15. The van der Waals surface area contributed by atoms with E-state index in [2.05, 4.69) is 26.0 Å². The number of carbonyl (C=O) groups is 4. The Hall–Kier alpha value is -2.44. The summed E-state index contributed by atoms with van der Waals surface area (Å²) < 4.78 is 24.3. The van der Waals surface area contributed by atoms with Gasteiger partial charge in [-0.2, -0.15) is 0 Å². The minimum Gasteiger partial charge on any atom is -0.456 e. The van der Waals surface area contributed by atoms with Crippen LogP contribution < -0.4 is 0 Å². The molecule has 0 radical (unpaired) electrons. The Balaban J connectivity index is 1.73. The lowest BCUT2D eigenvalue weighted by Crippen LogP contribution is -2.64. The first-order valence-electron chi connectivity index (χ1n) is 20.2. The molecule has 11 nitrogen and oxygen atoms in total. The fourth-order valence-electron chi connectivity index (χ4n) is 9.15. The number of Topliss-reactive ketones (excluding diaryl/α,β-unsaturated/α-hetero) is 2.